The van der Waals surface area contributed by atoms with Crippen LogP contribution in [-0.2, 0) is 9.53 Å². The standard InChI is InChI=1S/C11H19NO2/c1-11(2,3)14-10(13)8-6-4-5-7-9(8)12/h4-5,8-9H,6-7,12H2,1-3H3/t8-,9+/m1/s1. The molecule has 0 radical (unpaired) electrons. The van der Waals surface area contributed by atoms with Crippen molar-refractivity contribution >= 4 is 5.97 Å². The van der Waals surface area contributed by atoms with Crippen LogP contribution in [0.25, 0.3) is 0 Å². The summed E-state index contributed by atoms with van der Waals surface area (Å²) in [6.07, 6.45) is 5.49. The van der Waals surface area contributed by atoms with Crippen LogP contribution in [0.1, 0.15) is 33.6 Å². The molecular weight excluding hydrogens is 178 g/mol. The molecule has 14 heavy (non-hydrogen) atoms. The molecule has 0 aliphatic heterocycles. The van der Waals surface area contributed by atoms with Crippen molar-refractivity contribution in [1.82, 2.24) is 0 Å². The highest BCUT2D eigenvalue weighted by atomic mass is 16.6. The summed E-state index contributed by atoms with van der Waals surface area (Å²) in [4.78, 5) is 11.7. The molecule has 0 spiro atoms. The van der Waals surface area contributed by atoms with Crippen LogP contribution >= 0.6 is 0 Å². The normalized spacial score (nSPS) is 27.4. The van der Waals surface area contributed by atoms with E-state index >= 15 is 0 Å². The van der Waals surface area contributed by atoms with E-state index in [1.54, 1.807) is 0 Å². The topological polar surface area (TPSA) is 52.3 Å². The first-order chi connectivity index (χ1) is 6.40. The van der Waals surface area contributed by atoms with Crippen LogP contribution < -0.4 is 5.73 Å². The van der Waals surface area contributed by atoms with E-state index in [2.05, 4.69) is 0 Å². The largest absolute Gasteiger partial charge is 0.460 e. The summed E-state index contributed by atoms with van der Waals surface area (Å²) in [6, 6.07) is -0.0881. The Morgan fingerprint density at radius 2 is 1.93 bits per heavy atom. The van der Waals surface area contributed by atoms with Crippen molar-refractivity contribution in [1.29, 1.82) is 0 Å². The van der Waals surface area contributed by atoms with Gasteiger partial charge >= 0.3 is 5.97 Å². The molecule has 0 saturated carbocycles. The predicted octanol–water partition coefficient (Wildman–Crippen LogP) is 1.62. The minimum atomic E-state index is -0.419. The molecule has 80 valence electrons. The molecule has 0 aromatic carbocycles. The van der Waals surface area contributed by atoms with Crippen LogP contribution in [0.2, 0.25) is 0 Å². The quantitative estimate of drug-likeness (QED) is 0.513. The Bertz CT molecular complexity index is 240. The fraction of sp³-hybridized carbons (Fsp3) is 0.727. The Balaban J connectivity index is 2.56. The summed E-state index contributed by atoms with van der Waals surface area (Å²) in [6.45, 7) is 5.61. The third-order valence-electron chi connectivity index (χ3n) is 2.19. The number of nitrogens with two attached hydrogens (primary N) is 1. The van der Waals surface area contributed by atoms with Crippen molar-refractivity contribution in [2.75, 3.05) is 0 Å². The van der Waals surface area contributed by atoms with Crippen molar-refractivity contribution in [3.8, 4) is 0 Å². The van der Waals surface area contributed by atoms with Crippen molar-refractivity contribution in [2.45, 2.75) is 45.3 Å². The van der Waals surface area contributed by atoms with Crippen molar-refractivity contribution in [3.05, 3.63) is 12.2 Å². The second-order valence-electron chi connectivity index (χ2n) is 4.75. The van der Waals surface area contributed by atoms with Crippen LogP contribution in [0.15, 0.2) is 12.2 Å². The van der Waals surface area contributed by atoms with Gasteiger partial charge < -0.3 is 10.5 Å². The van der Waals surface area contributed by atoms with Crippen molar-refractivity contribution in [2.24, 2.45) is 11.7 Å². The summed E-state index contributed by atoms with van der Waals surface area (Å²) in [5.41, 5.74) is 5.43. The van der Waals surface area contributed by atoms with Crippen LogP contribution in [0.3, 0.4) is 0 Å². The maximum absolute atomic E-state index is 11.7. The van der Waals surface area contributed by atoms with E-state index in [0.29, 0.717) is 6.42 Å². The number of carbonyl (C=O) groups excluding carboxylic acids is 1. The Morgan fingerprint density at radius 1 is 1.36 bits per heavy atom. The third kappa shape index (κ3) is 3.14. The molecular formula is C11H19NO2. The van der Waals surface area contributed by atoms with Crippen LogP contribution in [0.4, 0.5) is 0 Å². The lowest BCUT2D eigenvalue weighted by Gasteiger charge is -2.27. The van der Waals surface area contributed by atoms with Crippen molar-refractivity contribution < 1.29 is 9.53 Å². The minimum Gasteiger partial charge on any atom is -0.460 e. The first-order valence-corrected chi connectivity index (χ1v) is 5.03. The highest BCUT2D eigenvalue weighted by Crippen LogP contribution is 2.21. The van der Waals surface area contributed by atoms with E-state index in [0.717, 1.165) is 6.42 Å². The highest BCUT2D eigenvalue weighted by molar-refractivity contribution is 5.74. The highest BCUT2D eigenvalue weighted by Gasteiger charge is 2.30. The summed E-state index contributed by atoms with van der Waals surface area (Å²) < 4.78 is 5.29. The molecule has 0 amide bonds. The van der Waals surface area contributed by atoms with Gasteiger partial charge in [0.15, 0.2) is 0 Å². The van der Waals surface area contributed by atoms with Gasteiger partial charge in [0.1, 0.15) is 5.60 Å². The smallest absolute Gasteiger partial charge is 0.311 e. The first-order valence-electron chi connectivity index (χ1n) is 5.03. The van der Waals surface area contributed by atoms with Gasteiger partial charge in [-0.15, -0.1) is 0 Å². The van der Waals surface area contributed by atoms with Gasteiger partial charge in [0.05, 0.1) is 5.92 Å². The lowest BCUT2D eigenvalue weighted by Crippen LogP contribution is -2.40. The molecule has 0 aromatic rings. The fourth-order valence-corrected chi connectivity index (χ4v) is 1.48. The monoisotopic (exact) mass is 197 g/mol. The number of hydrogen-bond acceptors (Lipinski definition) is 3. The molecule has 1 rings (SSSR count). The van der Waals surface area contributed by atoms with Crippen molar-refractivity contribution in [3.63, 3.8) is 0 Å². The Labute approximate surface area is 85.3 Å². The third-order valence-corrected chi connectivity index (χ3v) is 2.19. The Kier molecular flexibility index (Phi) is 3.32. The maximum Gasteiger partial charge on any atom is 0.311 e. The predicted molar refractivity (Wildman–Crippen MR) is 55.7 cm³/mol. The lowest BCUT2D eigenvalue weighted by molar-refractivity contribution is -0.160. The SMILES string of the molecule is CC(C)(C)OC(=O)[C@@H]1CC=CC[C@@H]1N. The number of carbonyl (C=O) groups is 1. The average Bonchev–Trinajstić information content (AvgIpc) is 2.01. The molecule has 0 heterocycles. The van der Waals surface area contributed by atoms with Gasteiger partial charge in [-0.2, -0.15) is 0 Å². The fourth-order valence-electron chi connectivity index (χ4n) is 1.48. The molecule has 0 saturated heterocycles. The van der Waals surface area contributed by atoms with Gasteiger partial charge in [0.2, 0.25) is 0 Å². The van der Waals surface area contributed by atoms with Gasteiger partial charge in [-0.1, -0.05) is 12.2 Å². The average molecular weight is 197 g/mol. The summed E-state index contributed by atoms with van der Waals surface area (Å²) >= 11 is 0. The zero-order chi connectivity index (χ0) is 10.8. The Morgan fingerprint density at radius 3 is 2.43 bits per heavy atom. The van der Waals surface area contributed by atoms with Crippen LogP contribution in [0.5, 0.6) is 0 Å². The van der Waals surface area contributed by atoms with E-state index in [-0.39, 0.29) is 17.9 Å². The zero-order valence-electron chi connectivity index (χ0n) is 9.12. The van der Waals surface area contributed by atoms with Gasteiger partial charge in [0, 0.05) is 6.04 Å². The molecule has 0 aromatic heterocycles. The molecule has 1 aliphatic carbocycles. The number of hydrogen-bond donors (Lipinski definition) is 1. The molecule has 0 bridgehead atoms. The van der Waals surface area contributed by atoms with Crippen LogP contribution in [-0.4, -0.2) is 17.6 Å². The molecule has 3 heteroatoms. The number of rotatable bonds is 1. The van der Waals surface area contributed by atoms with E-state index in [1.807, 2.05) is 32.9 Å². The second-order valence-corrected chi connectivity index (χ2v) is 4.75. The summed E-state index contributed by atoms with van der Waals surface area (Å²) in [5.74, 6) is -0.339. The molecule has 0 fully saturated rings. The number of esters is 1. The second kappa shape index (κ2) is 4.13. The molecule has 1 aliphatic rings. The van der Waals surface area contributed by atoms with E-state index in [4.69, 9.17) is 10.5 Å². The van der Waals surface area contributed by atoms with Gasteiger partial charge in [-0.25, -0.2) is 0 Å². The lowest BCUT2D eigenvalue weighted by atomic mass is 9.90. The molecule has 2 atom stereocenters. The van der Waals surface area contributed by atoms with E-state index in [9.17, 15) is 4.79 Å². The maximum atomic E-state index is 11.7. The molecule has 2 N–H and O–H groups in total. The Hall–Kier alpha value is -0.830. The molecule has 0 unspecified atom stereocenters. The van der Waals surface area contributed by atoms with Gasteiger partial charge in [-0.3, -0.25) is 4.79 Å². The number of ether oxygens (including phenoxy) is 1. The summed E-state index contributed by atoms with van der Waals surface area (Å²) in [5, 5.41) is 0. The van der Waals surface area contributed by atoms with Gasteiger partial charge in [0.25, 0.3) is 0 Å². The zero-order valence-corrected chi connectivity index (χ0v) is 9.12. The van der Waals surface area contributed by atoms with Crippen LogP contribution in [0, 0.1) is 5.92 Å². The van der Waals surface area contributed by atoms with E-state index < -0.39 is 5.60 Å². The first kappa shape index (κ1) is 11.2. The van der Waals surface area contributed by atoms with Gasteiger partial charge in [-0.05, 0) is 33.6 Å². The van der Waals surface area contributed by atoms with E-state index in [1.165, 1.54) is 0 Å². The summed E-state index contributed by atoms with van der Waals surface area (Å²) in [7, 11) is 0. The minimum absolute atomic E-state index is 0.0881. The molecule has 3 nitrogen and oxygen atoms in total. The number of allylic oxidation sites excluding steroid dienone is 1.